The number of rotatable bonds is 4. The number of carbonyl (C=O) groups is 1. The number of halogens is 1. The number of hydrogen-bond acceptors (Lipinski definition) is 4. The van der Waals surface area contributed by atoms with Crippen LogP contribution in [-0.4, -0.2) is 18.1 Å². The summed E-state index contributed by atoms with van der Waals surface area (Å²) in [7, 11) is 1.56. The molecule has 0 fully saturated rings. The van der Waals surface area contributed by atoms with Gasteiger partial charge >= 0.3 is 5.97 Å². The largest absolute Gasteiger partial charge is 0.497 e. The van der Waals surface area contributed by atoms with E-state index in [0.717, 1.165) is 16.5 Å². The molecule has 0 amide bonds. The minimum atomic E-state index is -0.413. The summed E-state index contributed by atoms with van der Waals surface area (Å²) in [4.78, 5) is 16.7. The molecule has 0 radical (unpaired) electrons. The molecule has 0 unspecified atom stereocenters. The fourth-order valence-electron chi connectivity index (χ4n) is 2.29. The van der Waals surface area contributed by atoms with E-state index >= 15 is 0 Å². The van der Waals surface area contributed by atoms with Crippen LogP contribution in [0.15, 0.2) is 59.2 Å². The summed E-state index contributed by atoms with van der Waals surface area (Å²) in [6.45, 7) is 0.164. The summed E-state index contributed by atoms with van der Waals surface area (Å²) in [5.41, 5.74) is 2.14. The third-order valence-corrected chi connectivity index (χ3v) is 4.16. The SMILES string of the molecule is COc1ccc(Br)c(C(=O)OCc2cccc3cccnc23)c1. The first-order chi connectivity index (χ1) is 11.2. The maximum atomic E-state index is 12.3. The second-order valence-corrected chi connectivity index (χ2v) is 5.77. The van der Waals surface area contributed by atoms with Crippen LogP contribution in [0.5, 0.6) is 5.75 Å². The quantitative estimate of drug-likeness (QED) is 0.639. The van der Waals surface area contributed by atoms with Crippen molar-refractivity contribution in [3.63, 3.8) is 0 Å². The molecular weight excluding hydrogens is 358 g/mol. The fourth-order valence-corrected chi connectivity index (χ4v) is 2.70. The lowest BCUT2D eigenvalue weighted by Crippen LogP contribution is -2.07. The van der Waals surface area contributed by atoms with Crippen molar-refractivity contribution in [1.29, 1.82) is 0 Å². The summed E-state index contributed by atoms with van der Waals surface area (Å²) in [5.74, 6) is 0.190. The first kappa shape index (κ1) is 15.5. The van der Waals surface area contributed by atoms with Gasteiger partial charge in [-0.2, -0.15) is 0 Å². The van der Waals surface area contributed by atoms with Gasteiger partial charge in [-0.05, 0) is 40.2 Å². The molecule has 1 heterocycles. The van der Waals surface area contributed by atoms with Crippen LogP contribution in [0.25, 0.3) is 10.9 Å². The molecule has 0 spiro atoms. The molecule has 116 valence electrons. The maximum absolute atomic E-state index is 12.3. The normalized spacial score (nSPS) is 10.5. The average molecular weight is 372 g/mol. The molecule has 23 heavy (non-hydrogen) atoms. The molecule has 0 aliphatic carbocycles. The molecule has 1 aromatic heterocycles. The Morgan fingerprint density at radius 1 is 1.17 bits per heavy atom. The number of esters is 1. The molecule has 0 aliphatic rings. The van der Waals surface area contributed by atoms with E-state index in [-0.39, 0.29) is 6.61 Å². The molecule has 0 saturated carbocycles. The van der Waals surface area contributed by atoms with E-state index in [0.29, 0.717) is 15.8 Å². The number of aromatic nitrogens is 1. The lowest BCUT2D eigenvalue weighted by Gasteiger charge is -2.09. The number of para-hydroxylation sites is 1. The van der Waals surface area contributed by atoms with Gasteiger partial charge in [0.15, 0.2) is 0 Å². The number of fused-ring (bicyclic) bond motifs is 1. The number of benzene rings is 2. The Labute approximate surface area is 142 Å². The first-order valence-corrected chi connectivity index (χ1v) is 7.81. The zero-order chi connectivity index (χ0) is 16.2. The van der Waals surface area contributed by atoms with Gasteiger partial charge in [0.25, 0.3) is 0 Å². The van der Waals surface area contributed by atoms with Gasteiger partial charge in [0.05, 0.1) is 18.2 Å². The topological polar surface area (TPSA) is 48.4 Å². The smallest absolute Gasteiger partial charge is 0.339 e. The van der Waals surface area contributed by atoms with Crippen molar-refractivity contribution >= 4 is 32.8 Å². The van der Waals surface area contributed by atoms with Gasteiger partial charge in [0.1, 0.15) is 12.4 Å². The van der Waals surface area contributed by atoms with Crippen molar-refractivity contribution in [2.75, 3.05) is 7.11 Å². The Morgan fingerprint density at radius 2 is 2.00 bits per heavy atom. The van der Waals surface area contributed by atoms with Crippen LogP contribution < -0.4 is 4.74 Å². The van der Waals surface area contributed by atoms with Gasteiger partial charge in [0.2, 0.25) is 0 Å². The van der Waals surface area contributed by atoms with Crippen LogP contribution in [0.2, 0.25) is 0 Å². The highest BCUT2D eigenvalue weighted by molar-refractivity contribution is 9.10. The predicted molar refractivity (Wildman–Crippen MR) is 91.6 cm³/mol. The number of carbonyl (C=O) groups excluding carboxylic acids is 1. The van der Waals surface area contributed by atoms with Gasteiger partial charge in [-0.3, -0.25) is 4.98 Å². The molecule has 3 rings (SSSR count). The van der Waals surface area contributed by atoms with Crippen LogP contribution in [0, 0.1) is 0 Å². The predicted octanol–water partition coefficient (Wildman–Crippen LogP) is 4.36. The number of hydrogen-bond donors (Lipinski definition) is 0. The Hall–Kier alpha value is -2.40. The Bertz CT molecular complexity index is 859. The summed E-state index contributed by atoms with van der Waals surface area (Å²) in [6, 6.07) is 14.8. The lowest BCUT2D eigenvalue weighted by atomic mass is 10.1. The summed E-state index contributed by atoms with van der Waals surface area (Å²) >= 11 is 3.36. The zero-order valence-corrected chi connectivity index (χ0v) is 14.0. The van der Waals surface area contributed by atoms with Crippen molar-refractivity contribution in [3.8, 4) is 5.75 Å². The third kappa shape index (κ3) is 3.35. The molecule has 0 aliphatic heterocycles. The lowest BCUT2D eigenvalue weighted by molar-refractivity contribution is 0.0472. The fraction of sp³-hybridized carbons (Fsp3) is 0.111. The van der Waals surface area contributed by atoms with E-state index < -0.39 is 5.97 Å². The van der Waals surface area contributed by atoms with Crippen LogP contribution >= 0.6 is 15.9 Å². The van der Waals surface area contributed by atoms with Gasteiger partial charge in [-0.25, -0.2) is 4.79 Å². The van der Waals surface area contributed by atoms with Crippen molar-refractivity contribution in [2.24, 2.45) is 0 Å². The monoisotopic (exact) mass is 371 g/mol. The Kier molecular flexibility index (Phi) is 4.57. The highest BCUT2D eigenvalue weighted by Gasteiger charge is 2.14. The zero-order valence-electron chi connectivity index (χ0n) is 12.5. The average Bonchev–Trinajstić information content (AvgIpc) is 2.60. The third-order valence-electron chi connectivity index (χ3n) is 3.47. The first-order valence-electron chi connectivity index (χ1n) is 7.02. The van der Waals surface area contributed by atoms with Crippen molar-refractivity contribution in [1.82, 2.24) is 4.98 Å². The minimum Gasteiger partial charge on any atom is -0.497 e. The van der Waals surface area contributed by atoms with Gasteiger partial charge < -0.3 is 9.47 Å². The molecule has 0 N–H and O–H groups in total. The van der Waals surface area contributed by atoms with E-state index in [4.69, 9.17) is 9.47 Å². The van der Waals surface area contributed by atoms with E-state index in [1.807, 2.05) is 30.3 Å². The maximum Gasteiger partial charge on any atom is 0.339 e. The van der Waals surface area contributed by atoms with E-state index in [1.165, 1.54) is 0 Å². The summed E-state index contributed by atoms with van der Waals surface area (Å²) < 4.78 is 11.2. The van der Waals surface area contributed by atoms with Crippen LogP contribution in [0.3, 0.4) is 0 Å². The molecular formula is C18H14BrNO3. The Morgan fingerprint density at radius 3 is 2.83 bits per heavy atom. The molecule has 3 aromatic rings. The van der Waals surface area contributed by atoms with Gasteiger partial charge in [-0.15, -0.1) is 0 Å². The highest BCUT2D eigenvalue weighted by atomic mass is 79.9. The molecule has 0 bridgehead atoms. The molecule has 5 heteroatoms. The molecule has 2 aromatic carbocycles. The van der Waals surface area contributed by atoms with Gasteiger partial charge in [0, 0.05) is 21.6 Å². The van der Waals surface area contributed by atoms with Crippen molar-refractivity contribution in [2.45, 2.75) is 6.61 Å². The van der Waals surface area contributed by atoms with Crippen LogP contribution in [0.1, 0.15) is 15.9 Å². The molecule has 4 nitrogen and oxygen atoms in total. The number of methoxy groups -OCH3 is 1. The second-order valence-electron chi connectivity index (χ2n) is 4.91. The van der Waals surface area contributed by atoms with E-state index in [9.17, 15) is 4.79 Å². The standard InChI is InChI=1S/C18H14BrNO3/c1-22-14-7-8-16(19)15(10-14)18(21)23-11-13-5-2-4-12-6-3-9-20-17(12)13/h2-10H,11H2,1H3. The number of pyridine rings is 1. The van der Waals surface area contributed by atoms with Crippen molar-refractivity contribution in [3.05, 3.63) is 70.3 Å². The van der Waals surface area contributed by atoms with Crippen LogP contribution in [-0.2, 0) is 11.3 Å². The second kappa shape index (κ2) is 6.79. The van der Waals surface area contributed by atoms with Crippen molar-refractivity contribution < 1.29 is 14.3 Å². The van der Waals surface area contributed by atoms with E-state index in [1.54, 1.807) is 31.5 Å². The van der Waals surface area contributed by atoms with E-state index in [2.05, 4.69) is 20.9 Å². The molecule has 0 atom stereocenters. The van der Waals surface area contributed by atoms with Crippen LogP contribution in [0.4, 0.5) is 0 Å². The molecule has 0 saturated heterocycles. The Balaban J connectivity index is 1.81. The minimum absolute atomic E-state index is 0.164. The highest BCUT2D eigenvalue weighted by Crippen LogP contribution is 2.24. The number of ether oxygens (including phenoxy) is 2. The number of nitrogens with zero attached hydrogens (tertiary/aromatic N) is 1. The van der Waals surface area contributed by atoms with Gasteiger partial charge in [-0.1, -0.05) is 24.3 Å². The summed E-state index contributed by atoms with van der Waals surface area (Å²) in [5, 5.41) is 1.02. The summed E-state index contributed by atoms with van der Waals surface area (Å²) in [6.07, 6.45) is 1.73.